The second-order valence-electron chi connectivity index (χ2n) is 4.66. The van der Waals surface area contributed by atoms with E-state index in [4.69, 9.17) is 17.3 Å². The monoisotopic (exact) mass is 242 g/mol. The number of nitrogens with one attached hydrogen (secondary N) is 1. The third kappa shape index (κ3) is 3.25. The Labute approximate surface area is 102 Å². The fourth-order valence-corrected chi connectivity index (χ4v) is 1.28. The number of aromatic nitrogens is 1. The van der Waals surface area contributed by atoms with Crippen molar-refractivity contribution in [2.75, 3.05) is 31.7 Å². The first-order chi connectivity index (χ1) is 7.33. The number of likely N-dealkylation sites (N-methyl/N-ethyl adjacent to an activating group) is 1. The molecule has 4 nitrogen and oxygen atoms in total. The van der Waals surface area contributed by atoms with Crippen LogP contribution in [0.1, 0.15) is 13.8 Å². The third-order valence-electron chi connectivity index (χ3n) is 2.76. The van der Waals surface area contributed by atoms with Crippen LogP contribution in [0.2, 0.25) is 5.02 Å². The van der Waals surface area contributed by atoms with Crippen LogP contribution < -0.4 is 11.1 Å². The van der Waals surface area contributed by atoms with Crippen molar-refractivity contribution in [3.8, 4) is 0 Å². The molecule has 0 bridgehead atoms. The molecule has 0 atom stereocenters. The molecule has 1 heterocycles. The third-order valence-corrected chi connectivity index (χ3v) is 3.05. The molecule has 1 aromatic rings. The predicted molar refractivity (Wildman–Crippen MR) is 69.9 cm³/mol. The van der Waals surface area contributed by atoms with Gasteiger partial charge in [0.05, 0.1) is 16.9 Å². The van der Waals surface area contributed by atoms with E-state index in [0.717, 1.165) is 6.54 Å². The predicted octanol–water partition coefficient (Wildman–Crippen LogP) is 2.07. The van der Waals surface area contributed by atoms with Gasteiger partial charge in [0.1, 0.15) is 5.82 Å². The summed E-state index contributed by atoms with van der Waals surface area (Å²) in [6.07, 6.45) is 1.59. The molecule has 0 saturated carbocycles. The van der Waals surface area contributed by atoms with Crippen molar-refractivity contribution in [2.24, 2.45) is 0 Å². The van der Waals surface area contributed by atoms with Gasteiger partial charge in [0, 0.05) is 12.1 Å². The van der Waals surface area contributed by atoms with Gasteiger partial charge in [-0.15, -0.1) is 0 Å². The summed E-state index contributed by atoms with van der Waals surface area (Å²) < 4.78 is 0. The van der Waals surface area contributed by atoms with Crippen LogP contribution in [-0.4, -0.2) is 36.1 Å². The number of anilines is 2. The van der Waals surface area contributed by atoms with Gasteiger partial charge in [-0.1, -0.05) is 11.6 Å². The highest BCUT2D eigenvalue weighted by molar-refractivity contribution is 6.33. The van der Waals surface area contributed by atoms with Gasteiger partial charge >= 0.3 is 0 Å². The Morgan fingerprint density at radius 1 is 1.50 bits per heavy atom. The fraction of sp³-hybridized carbons (Fsp3) is 0.545. The van der Waals surface area contributed by atoms with Crippen LogP contribution in [-0.2, 0) is 0 Å². The van der Waals surface area contributed by atoms with Gasteiger partial charge in [-0.05, 0) is 34.0 Å². The quantitative estimate of drug-likeness (QED) is 0.849. The number of hydrogen-bond donors (Lipinski definition) is 2. The topological polar surface area (TPSA) is 54.2 Å². The van der Waals surface area contributed by atoms with E-state index in [1.165, 1.54) is 0 Å². The molecular formula is C11H19ClN4. The highest BCUT2D eigenvalue weighted by Gasteiger charge is 2.20. The lowest BCUT2D eigenvalue weighted by Crippen LogP contribution is -2.44. The number of hydrogen-bond acceptors (Lipinski definition) is 4. The average Bonchev–Trinajstić information content (AvgIpc) is 2.16. The number of halogens is 1. The van der Waals surface area contributed by atoms with E-state index in [0.29, 0.717) is 16.5 Å². The van der Waals surface area contributed by atoms with Crippen LogP contribution in [0.15, 0.2) is 12.3 Å². The number of rotatable bonds is 4. The molecule has 0 spiro atoms. The molecule has 0 fully saturated rings. The zero-order chi connectivity index (χ0) is 12.3. The molecule has 1 rings (SSSR count). The first-order valence-corrected chi connectivity index (χ1v) is 5.53. The van der Waals surface area contributed by atoms with Crippen molar-refractivity contribution in [1.29, 1.82) is 0 Å². The largest absolute Gasteiger partial charge is 0.397 e. The van der Waals surface area contributed by atoms with Crippen molar-refractivity contribution in [3.63, 3.8) is 0 Å². The molecule has 16 heavy (non-hydrogen) atoms. The molecule has 0 aliphatic heterocycles. The normalized spacial score (nSPS) is 11.9. The number of pyridine rings is 1. The second kappa shape index (κ2) is 4.89. The summed E-state index contributed by atoms with van der Waals surface area (Å²) >= 11 is 6.02. The Hall–Kier alpha value is -1.00. The van der Waals surface area contributed by atoms with Crippen molar-refractivity contribution < 1.29 is 0 Å². The lowest BCUT2D eigenvalue weighted by atomic mass is 10.0. The summed E-state index contributed by atoms with van der Waals surface area (Å²) in [5.74, 6) is 0.672. The summed E-state index contributed by atoms with van der Waals surface area (Å²) in [6.45, 7) is 5.05. The van der Waals surface area contributed by atoms with Crippen LogP contribution in [0.4, 0.5) is 11.5 Å². The van der Waals surface area contributed by atoms with Gasteiger partial charge in [0.25, 0.3) is 0 Å². The van der Waals surface area contributed by atoms with E-state index in [1.807, 2.05) is 14.1 Å². The van der Waals surface area contributed by atoms with E-state index in [2.05, 4.69) is 29.0 Å². The lowest BCUT2D eigenvalue weighted by molar-refractivity contribution is 0.210. The molecule has 0 saturated heterocycles. The molecule has 1 aromatic heterocycles. The van der Waals surface area contributed by atoms with E-state index >= 15 is 0 Å². The highest BCUT2D eigenvalue weighted by Crippen LogP contribution is 2.22. The Balaban J connectivity index is 2.68. The van der Waals surface area contributed by atoms with E-state index in [-0.39, 0.29) is 5.54 Å². The maximum absolute atomic E-state index is 6.02. The summed E-state index contributed by atoms with van der Waals surface area (Å²) in [7, 11) is 4.08. The van der Waals surface area contributed by atoms with Gasteiger partial charge in [0.15, 0.2) is 0 Å². The molecule has 0 aliphatic rings. The second-order valence-corrected chi connectivity index (χ2v) is 5.07. The van der Waals surface area contributed by atoms with E-state index in [1.54, 1.807) is 12.3 Å². The highest BCUT2D eigenvalue weighted by atomic mass is 35.5. The maximum atomic E-state index is 6.02. The molecule has 0 unspecified atom stereocenters. The van der Waals surface area contributed by atoms with Crippen LogP contribution in [0.25, 0.3) is 0 Å². The van der Waals surface area contributed by atoms with Crippen molar-refractivity contribution >= 4 is 23.1 Å². The van der Waals surface area contributed by atoms with Gasteiger partial charge in [-0.25, -0.2) is 4.98 Å². The van der Waals surface area contributed by atoms with Crippen LogP contribution >= 0.6 is 11.6 Å². The van der Waals surface area contributed by atoms with Crippen molar-refractivity contribution in [1.82, 2.24) is 9.88 Å². The minimum Gasteiger partial charge on any atom is -0.397 e. The molecule has 90 valence electrons. The summed E-state index contributed by atoms with van der Waals surface area (Å²) in [4.78, 5) is 6.30. The van der Waals surface area contributed by atoms with Gasteiger partial charge in [-0.3, -0.25) is 0 Å². The number of nitrogens with two attached hydrogens (primary N) is 1. The molecule has 5 heteroatoms. The Kier molecular flexibility index (Phi) is 3.99. The average molecular weight is 243 g/mol. The summed E-state index contributed by atoms with van der Waals surface area (Å²) in [6, 6.07) is 1.69. The van der Waals surface area contributed by atoms with Crippen molar-refractivity contribution in [3.05, 3.63) is 17.3 Å². The minimum atomic E-state index is 0.0341. The molecule has 0 aromatic carbocycles. The fourth-order valence-electron chi connectivity index (χ4n) is 1.04. The van der Waals surface area contributed by atoms with E-state index < -0.39 is 0 Å². The Morgan fingerprint density at radius 3 is 2.62 bits per heavy atom. The first kappa shape index (κ1) is 13.1. The number of nitrogens with zero attached hydrogens (tertiary/aromatic N) is 2. The van der Waals surface area contributed by atoms with Crippen LogP contribution in [0, 0.1) is 0 Å². The zero-order valence-corrected chi connectivity index (χ0v) is 11.0. The van der Waals surface area contributed by atoms with Crippen molar-refractivity contribution in [2.45, 2.75) is 19.4 Å². The molecule has 3 N–H and O–H groups in total. The van der Waals surface area contributed by atoms with Crippen LogP contribution in [0.5, 0.6) is 0 Å². The molecular weight excluding hydrogens is 224 g/mol. The van der Waals surface area contributed by atoms with E-state index in [9.17, 15) is 0 Å². The first-order valence-electron chi connectivity index (χ1n) is 5.15. The standard InChI is InChI=1S/C11H19ClN4/c1-11(2,16(3)4)7-15-10-9(12)5-8(13)6-14-10/h5-6H,7,13H2,1-4H3,(H,14,15). The molecule has 0 aliphatic carbocycles. The van der Waals surface area contributed by atoms with Crippen LogP contribution in [0.3, 0.4) is 0 Å². The Bertz CT molecular complexity index is 363. The molecule has 0 radical (unpaired) electrons. The maximum Gasteiger partial charge on any atom is 0.144 e. The summed E-state index contributed by atoms with van der Waals surface area (Å²) in [5, 5.41) is 3.77. The number of nitrogen functional groups attached to an aromatic ring is 1. The SMILES string of the molecule is CN(C)C(C)(C)CNc1ncc(N)cc1Cl. The van der Waals surface area contributed by atoms with Gasteiger partial charge in [-0.2, -0.15) is 0 Å². The Morgan fingerprint density at radius 2 is 2.12 bits per heavy atom. The minimum absolute atomic E-state index is 0.0341. The molecule has 0 amide bonds. The summed E-state index contributed by atoms with van der Waals surface area (Å²) in [5.41, 5.74) is 6.18. The van der Waals surface area contributed by atoms with Gasteiger partial charge < -0.3 is 16.0 Å². The zero-order valence-electron chi connectivity index (χ0n) is 10.2. The van der Waals surface area contributed by atoms with Gasteiger partial charge in [0.2, 0.25) is 0 Å². The smallest absolute Gasteiger partial charge is 0.144 e. The lowest BCUT2D eigenvalue weighted by Gasteiger charge is -2.32.